The second-order valence-electron chi connectivity index (χ2n) is 12.6. The molecule has 1 saturated heterocycles. The van der Waals surface area contributed by atoms with Gasteiger partial charge in [0.25, 0.3) is 0 Å². The van der Waals surface area contributed by atoms with Gasteiger partial charge in [0.05, 0.1) is 41.9 Å². The van der Waals surface area contributed by atoms with Gasteiger partial charge in [0.1, 0.15) is 12.5 Å². The van der Waals surface area contributed by atoms with Crippen LogP contribution in [0, 0.1) is 12.7 Å². The van der Waals surface area contributed by atoms with Crippen molar-refractivity contribution in [2.24, 2.45) is 0 Å². The second kappa shape index (κ2) is 12.3. The predicted molar refractivity (Wildman–Crippen MR) is 161 cm³/mol. The number of carbonyl (C=O) groups excluding carboxylic acids is 1. The molecule has 3 heterocycles. The van der Waals surface area contributed by atoms with E-state index < -0.39 is 19.8 Å². The monoisotopic (exact) mass is 617 g/mol. The molecule has 0 N–H and O–H groups in total. The highest BCUT2D eigenvalue weighted by Crippen LogP contribution is 2.37. The van der Waals surface area contributed by atoms with Crippen molar-refractivity contribution in [3.8, 4) is 0 Å². The van der Waals surface area contributed by atoms with Gasteiger partial charge < -0.3 is 14.5 Å². The van der Waals surface area contributed by atoms with Gasteiger partial charge >= 0.3 is 12.2 Å². The zero-order chi connectivity index (χ0) is 30.9. The van der Waals surface area contributed by atoms with Crippen LogP contribution in [-0.2, 0) is 30.7 Å². The van der Waals surface area contributed by atoms with Gasteiger partial charge in [-0.25, -0.2) is 13.9 Å². The molecule has 0 atom stereocenters. The third-order valence-electron chi connectivity index (χ3n) is 8.29. The number of hydrogen-bond acceptors (Lipinski definition) is 4. The lowest BCUT2D eigenvalue weighted by molar-refractivity contribution is -0.138. The molecule has 1 aromatic heterocycles. The van der Waals surface area contributed by atoms with E-state index in [2.05, 4.69) is 24.7 Å². The summed E-state index contributed by atoms with van der Waals surface area (Å²) in [5.74, 6) is -0.273. The molecule has 7 nitrogen and oxygen atoms in total. The van der Waals surface area contributed by atoms with Crippen molar-refractivity contribution in [2.45, 2.75) is 77.5 Å². The van der Waals surface area contributed by atoms with Crippen molar-refractivity contribution in [2.75, 3.05) is 29.5 Å². The Morgan fingerprint density at radius 3 is 2.44 bits per heavy atom. The Morgan fingerprint density at radius 1 is 1.05 bits per heavy atom. The number of halogens is 4. The Labute approximate surface area is 251 Å². The van der Waals surface area contributed by atoms with E-state index in [0.717, 1.165) is 23.4 Å². The molecule has 0 bridgehead atoms. The minimum Gasteiger partial charge on any atom is -0.369 e. The Kier molecular flexibility index (Phi) is 8.89. The number of amides is 2. The fourth-order valence-corrected chi connectivity index (χ4v) is 6.64. The van der Waals surface area contributed by atoms with E-state index in [-0.39, 0.29) is 43.3 Å². The Hall–Kier alpha value is -3.38. The van der Waals surface area contributed by atoms with Crippen molar-refractivity contribution in [1.82, 2.24) is 14.7 Å². The number of para-hydroxylation sites is 1. The highest BCUT2D eigenvalue weighted by Gasteiger charge is 2.40. The molecule has 2 aliphatic rings. The average molecular weight is 618 g/mol. The predicted octanol–water partition coefficient (Wildman–Crippen LogP) is 7.27. The maximum atomic E-state index is 14.7. The van der Waals surface area contributed by atoms with E-state index in [1.54, 1.807) is 27.9 Å². The van der Waals surface area contributed by atoms with Crippen LogP contribution in [0.3, 0.4) is 0 Å². The first-order valence-corrected chi connectivity index (χ1v) is 18.4. The number of alkyl halides is 3. The Balaban J connectivity index is 1.40. The van der Waals surface area contributed by atoms with E-state index >= 15 is 0 Å². The van der Waals surface area contributed by atoms with E-state index in [1.807, 2.05) is 17.9 Å². The molecule has 43 heavy (non-hydrogen) atoms. The van der Waals surface area contributed by atoms with Crippen LogP contribution in [0.5, 0.6) is 0 Å². The van der Waals surface area contributed by atoms with E-state index in [1.165, 1.54) is 23.1 Å². The van der Waals surface area contributed by atoms with Crippen LogP contribution in [0.4, 0.5) is 33.7 Å². The number of urea groups is 1. The second-order valence-corrected chi connectivity index (χ2v) is 18.2. The number of aromatic nitrogens is 2. The lowest BCUT2D eigenvalue weighted by Crippen LogP contribution is -2.54. The molecule has 0 radical (unpaired) electrons. The van der Waals surface area contributed by atoms with Crippen molar-refractivity contribution in [3.63, 3.8) is 0 Å². The summed E-state index contributed by atoms with van der Waals surface area (Å²) >= 11 is 0. The minimum absolute atomic E-state index is 0.0140. The smallest absolute Gasteiger partial charge is 0.369 e. The van der Waals surface area contributed by atoms with Gasteiger partial charge in [-0.05, 0) is 49.1 Å². The molecule has 2 amide bonds. The van der Waals surface area contributed by atoms with Crippen LogP contribution in [0.2, 0.25) is 25.7 Å². The number of ether oxygens (including phenoxy) is 1. The lowest BCUT2D eigenvalue weighted by Gasteiger charge is -2.44. The number of nitrogens with zero attached hydrogens (tertiary/aromatic N) is 5. The zero-order valence-corrected chi connectivity index (χ0v) is 26.1. The first-order chi connectivity index (χ1) is 20.3. The molecule has 2 aromatic carbocycles. The van der Waals surface area contributed by atoms with Gasteiger partial charge in [-0.1, -0.05) is 50.0 Å². The number of fused-ring (bicyclic) bond motifs is 1. The summed E-state index contributed by atoms with van der Waals surface area (Å²) in [5.41, 5.74) is 1.89. The summed E-state index contributed by atoms with van der Waals surface area (Å²) in [5, 5.41) is 4.49. The highest BCUT2D eigenvalue weighted by molar-refractivity contribution is 6.76. The number of anilines is 2. The maximum absolute atomic E-state index is 14.7. The standard InChI is InChI=1S/C31H39F4N5O2Si/c1-22-8-7-11-26(32)29(22)37-14-12-24(13-15-37)38-20-28-27(18-36-40(28)21-42-16-17-43(2,3)4)39(30(38)41)19-23-9-5-6-10-25(23)31(33,34)35/h5-11,18,24H,12-17,19-21H2,1-4H3. The molecule has 0 saturated carbocycles. The molecule has 12 heteroatoms. The third kappa shape index (κ3) is 6.90. The van der Waals surface area contributed by atoms with Gasteiger partial charge in [-0.3, -0.25) is 4.90 Å². The topological polar surface area (TPSA) is 53.8 Å². The molecular weight excluding hydrogens is 578 g/mol. The number of piperidine rings is 1. The number of rotatable bonds is 9. The molecular formula is C31H39F4N5O2Si. The van der Waals surface area contributed by atoms with Gasteiger partial charge in [-0.15, -0.1) is 0 Å². The third-order valence-corrected chi connectivity index (χ3v) is 9.99. The van der Waals surface area contributed by atoms with Crippen LogP contribution >= 0.6 is 0 Å². The van der Waals surface area contributed by atoms with Crippen LogP contribution in [-0.4, -0.2) is 54.5 Å². The number of benzene rings is 2. The fraction of sp³-hybridized carbons (Fsp3) is 0.484. The Bertz CT molecular complexity index is 1430. The van der Waals surface area contributed by atoms with Crippen molar-refractivity contribution >= 4 is 25.5 Å². The molecule has 3 aromatic rings. The van der Waals surface area contributed by atoms with E-state index in [0.29, 0.717) is 43.9 Å². The van der Waals surface area contributed by atoms with E-state index in [4.69, 9.17) is 4.74 Å². The number of aryl methyl sites for hydroxylation is 1. The summed E-state index contributed by atoms with van der Waals surface area (Å²) in [4.78, 5) is 19.2. The van der Waals surface area contributed by atoms with Crippen LogP contribution in [0.15, 0.2) is 48.7 Å². The van der Waals surface area contributed by atoms with Gasteiger partial charge in [0.2, 0.25) is 0 Å². The molecule has 2 aliphatic heterocycles. The first kappa shape index (κ1) is 31.1. The van der Waals surface area contributed by atoms with Gasteiger partial charge in [0.15, 0.2) is 0 Å². The summed E-state index contributed by atoms with van der Waals surface area (Å²) in [6.45, 7) is 10.6. The van der Waals surface area contributed by atoms with Crippen LogP contribution < -0.4 is 9.80 Å². The summed E-state index contributed by atoms with van der Waals surface area (Å²) in [6.07, 6.45) is -1.80. The largest absolute Gasteiger partial charge is 0.416 e. The van der Waals surface area contributed by atoms with Crippen molar-refractivity contribution < 1.29 is 27.1 Å². The van der Waals surface area contributed by atoms with E-state index in [9.17, 15) is 22.4 Å². The highest BCUT2D eigenvalue weighted by atomic mass is 28.3. The Morgan fingerprint density at radius 2 is 1.77 bits per heavy atom. The number of carbonyl (C=O) groups is 1. The quantitative estimate of drug-likeness (QED) is 0.144. The summed E-state index contributed by atoms with van der Waals surface area (Å²) in [7, 11) is -1.30. The molecule has 0 aliphatic carbocycles. The SMILES string of the molecule is Cc1cccc(F)c1N1CCC(N2Cc3c(cnn3COCC[Si](C)(C)C)N(Cc3ccccc3C(F)(F)F)C2=O)CC1. The molecule has 1 fully saturated rings. The average Bonchev–Trinajstić information content (AvgIpc) is 3.34. The molecule has 232 valence electrons. The first-order valence-electron chi connectivity index (χ1n) is 14.7. The van der Waals surface area contributed by atoms with Crippen molar-refractivity contribution in [1.29, 1.82) is 0 Å². The van der Waals surface area contributed by atoms with Crippen molar-refractivity contribution in [3.05, 3.63) is 76.9 Å². The van der Waals surface area contributed by atoms with Crippen LogP contribution in [0.25, 0.3) is 0 Å². The summed E-state index contributed by atoms with van der Waals surface area (Å²) in [6, 6.07) is 10.8. The van der Waals surface area contributed by atoms with Crippen LogP contribution in [0.1, 0.15) is 35.2 Å². The normalized spacial score (nSPS) is 16.7. The lowest BCUT2D eigenvalue weighted by atomic mass is 10.00. The summed E-state index contributed by atoms with van der Waals surface area (Å²) < 4.78 is 64.0. The maximum Gasteiger partial charge on any atom is 0.416 e. The minimum atomic E-state index is -4.55. The number of hydrogen-bond donors (Lipinski definition) is 0. The van der Waals surface area contributed by atoms with Gasteiger partial charge in [0, 0.05) is 33.8 Å². The molecule has 5 rings (SSSR count). The molecule has 0 spiro atoms. The van der Waals surface area contributed by atoms with Gasteiger partial charge in [-0.2, -0.15) is 18.3 Å². The molecule has 0 unspecified atom stereocenters. The zero-order valence-electron chi connectivity index (χ0n) is 25.1. The fourth-order valence-electron chi connectivity index (χ4n) is 5.88.